The highest BCUT2D eigenvalue weighted by Gasteiger charge is 2.16. The van der Waals surface area contributed by atoms with E-state index in [4.69, 9.17) is 14.5 Å². The molecule has 0 atom stereocenters. The van der Waals surface area contributed by atoms with E-state index in [1.54, 1.807) is 25.1 Å². The van der Waals surface area contributed by atoms with Crippen molar-refractivity contribution in [3.8, 4) is 17.0 Å². The number of anilines is 1. The summed E-state index contributed by atoms with van der Waals surface area (Å²) in [4.78, 5) is 28.8. The molecule has 0 radical (unpaired) electrons. The standard InChI is InChI=1S/C27H25N3O4/c1-3-33-25(32)17-28-27-26(29-23-15-9-19(2)18-30(23)27)21-11-13-22(14-12-21)34-24(31)16-10-20-7-5-4-6-8-20/h4-16,18,28H,3,17H2,1-2H3/b16-10+. The molecular formula is C27H25N3O4. The maximum Gasteiger partial charge on any atom is 0.336 e. The van der Waals surface area contributed by atoms with Crippen molar-refractivity contribution < 1.29 is 19.1 Å². The average Bonchev–Trinajstić information content (AvgIpc) is 3.20. The largest absolute Gasteiger partial charge is 0.465 e. The number of pyridine rings is 1. The molecule has 4 rings (SSSR count). The number of hydrogen-bond donors (Lipinski definition) is 1. The van der Waals surface area contributed by atoms with Gasteiger partial charge in [0, 0.05) is 17.8 Å². The van der Waals surface area contributed by atoms with Crippen LogP contribution in [-0.4, -0.2) is 34.5 Å². The monoisotopic (exact) mass is 455 g/mol. The fourth-order valence-corrected chi connectivity index (χ4v) is 3.45. The first-order valence-electron chi connectivity index (χ1n) is 11.0. The molecule has 0 unspecified atom stereocenters. The van der Waals surface area contributed by atoms with Gasteiger partial charge in [-0.05, 0) is 61.4 Å². The first kappa shape index (κ1) is 22.8. The Bertz CT molecular complexity index is 1330. The molecule has 0 saturated carbocycles. The second-order valence-corrected chi connectivity index (χ2v) is 7.59. The highest BCUT2D eigenvalue weighted by molar-refractivity contribution is 5.89. The van der Waals surface area contributed by atoms with Gasteiger partial charge in [-0.2, -0.15) is 0 Å². The van der Waals surface area contributed by atoms with Crippen LogP contribution < -0.4 is 10.1 Å². The van der Waals surface area contributed by atoms with Crippen molar-refractivity contribution in [1.29, 1.82) is 0 Å². The summed E-state index contributed by atoms with van der Waals surface area (Å²) in [5, 5.41) is 3.16. The smallest absolute Gasteiger partial charge is 0.336 e. The van der Waals surface area contributed by atoms with Gasteiger partial charge in [0.05, 0.1) is 6.61 Å². The van der Waals surface area contributed by atoms with Gasteiger partial charge in [0.25, 0.3) is 0 Å². The summed E-state index contributed by atoms with van der Waals surface area (Å²) in [5.74, 6) is 0.299. The summed E-state index contributed by atoms with van der Waals surface area (Å²) < 4.78 is 12.4. The van der Waals surface area contributed by atoms with Crippen molar-refractivity contribution in [2.75, 3.05) is 18.5 Å². The summed E-state index contributed by atoms with van der Waals surface area (Å²) in [5.41, 5.74) is 4.21. The first-order valence-corrected chi connectivity index (χ1v) is 11.0. The zero-order valence-electron chi connectivity index (χ0n) is 19.0. The number of aryl methyl sites for hydroxylation is 1. The van der Waals surface area contributed by atoms with Crippen LogP contribution in [0.5, 0.6) is 5.75 Å². The summed E-state index contributed by atoms with van der Waals surface area (Å²) >= 11 is 0. The summed E-state index contributed by atoms with van der Waals surface area (Å²) in [6, 6.07) is 20.5. The third-order valence-electron chi connectivity index (χ3n) is 5.03. The summed E-state index contributed by atoms with van der Waals surface area (Å²) in [6.45, 7) is 4.10. The minimum Gasteiger partial charge on any atom is -0.465 e. The Labute approximate surface area is 197 Å². The van der Waals surface area contributed by atoms with Gasteiger partial charge in [0.15, 0.2) is 0 Å². The van der Waals surface area contributed by atoms with E-state index in [9.17, 15) is 9.59 Å². The Balaban J connectivity index is 1.54. The van der Waals surface area contributed by atoms with E-state index in [2.05, 4.69) is 5.32 Å². The molecule has 1 N–H and O–H groups in total. The molecule has 0 aliphatic heterocycles. The van der Waals surface area contributed by atoms with Crippen LogP contribution in [0.3, 0.4) is 0 Å². The molecule has 2 heterocycles. The average molecular weight is 456 g/mol. The Morgan fingerprint density at radius 2 is 1.79 bits per heavy atom. The number of aromatic nitrogens is 2. The molecular weight excluding hydrogens is 430 g/mol. The van der Waals surface area contributed by atoms with E-state index < -0.39 is 5.97 Å². The van der Waals surface area contributed by atoms with Crippen LogP contribution in [0.2, 0.25) is 0 Å². The van der Waals surface area contributed by atoms with Crippen molar-refractivity contribution in [1.82, 2.24) is 9.38 Å². The molecule has 172 valence electrons. The first-order chi connectivity index (χ1) is 16.5. The zero-order valence-corrected chi connectivity index (χ0v) is 19.0. The van der Waals surface area contributed by atoms with Gasteiger partial charge < -0.3 is 14.8 Å². The molecule has 0 aliphatic carbocycles. The van der Waals surface area contributed by atoms with E-state index in [0.29, 0.717) is 23.9 Å². The predicted molar refractivity (Wildman–Crippen MR) is 132 cm³/mol. The van der Waals surface area contributed by atoms with Gasteiger partial charge in [0.1, 0.15) is 29.5 Å². The highest BCUT2D eigenvalue weighted by Crippen LogP contribution is 2.30. The molecule has 0 aliphatic rings. The van der Waals surface area contributed by atoms with E-state index in [1.807, 2.05) is 72.1 Å². The van der Waals surface area contributed by atoms with Crippen LogP contribution in [0.1, 0.15) is 18.1 Å². The predicted octanol–water partition coefficient (Wildman–Crippen LogP) is 4.90. The fourth-order valence-electron chi connectivity index (χ4n) is 3.45. The lowest BCUT2D eigenvalue weighted by Gasteiger charge is -2.09. The summed E-state index contributed by atoms with van der Waals surface area (Å²) in [6.07, 6.45) is 5.05. The van der Waals surface area contributed by atoms with Crippen LogP contribution >= 0.6 is 0 Å². The molecule has 2 aromatic carbocycles. The number of nitrogens with one attached hydrogen (secondary N) is 1. The number of carbonyl (C=O) groups is 2. The Morgan fingerprint density at radius 3 is 2.53 bits per heavy atom. The number of hydrogen-bond acceptors (Lipinski definition) is 6. The SMILES string of the molecule is CCOC(=O)CNc1c(-c2ccc(OC(=O)/C=C/c3ccccc3)cc2)nc2ccc(C)cn12. The van der Waals surface area contributed by atoms with Gasteiger partial charge >= 0.3 is 11.9 Å². The third-order valence-corrected chi connectivity index (χ3v) is 5.03. The number of esters is 2. The van der Waals surface area contributed by atoms with E-state index >= 15 is 0 Å². The van der Waals surface area contributed by atoms with Crippen molar-refractivity contribution in [3.05, 3.63) is 90.1 Å². The molecule has 4 aromatic rings. The van der Waals surface area contributed by atoms with E-state index in [0.717, 1.165) is 22.3 Å². The molecule has 0 spiro atoms. The lowest BCUT2D eigenvalue weighted by molar-refractivity contribution is -0.141. The lowest BCUT2D eigenvalue weighted by atomic mass is 10.1. The highest BCUT2D eigenvalue weighted by atomic mass is 16.5. The molecule has 34 heavy (non-hydrogen) atoms. The number of benzene rings is 2. The van der Waals surface area contributed by atoms with Crippen molar-refractivity contribution >= 4 is 29.5 Å². The van der Waals surface area contributed by atoms with Crippen LogP contribution in [0.4, 0.5) is 5.82 Å². The molecule has 2 aromatic heterocycles. The Hall–Kier alpha value is -4.39. The minimum absolute atomic E-state index is 0.0199. The molecule has 0 fully saturated rings. The van der Waals surface area contributed by atoms with Gasteiger partial charge in [-0.25, -0.2) is 9.78 Å². The molecule has 0 amide bonds. The van der Waals surface area contributed by atoms with Gasteiger partial charge in [-0.1, -0.05) is 36.4 Å². The number of nitrogens with zero attached hydrogens (tertiary/aromatic N) is 2. The summed E-state index contributed by atoms with van der Waals surface area (Å²) in [7, 11) is 0. The van der Waals surface area contributed by atoms with Gasteiger partial charge in [-0.3, -0.25) is 9.20 Å². The fraction of sp³-hybridized carbons (Fsp3) is 0.148. The Kier molecular flexibility index (Phi) is 7.03. The maximum absolute atomic E-state index is 12.2. The second-order valence-electron chi connectivity index (χ2n) is 7.59. The second kappa shape index (κ2) is 10.5. The number of fused-ring (bicyclic) bond motifs is 1. The molecule has 0 bridgehead atoms. The topological polar surface area (TPSA) is 81.9 Å². The molecule has 7 nitrogen and oxygen atoms in total. The molecule has 0 saturated heterocycles. The van der Waals surface area contributed by atoms with Gasteiger partial charge in [0.2, 0.25) is 0 Å². The van der Waals surface area contributed by atoms with Crippen LogP contribution in [-0.2, 0) is 14.3 Å². The van der Waals surface area contributed by atoms with Crippen molar-refractivity contribution in [3.63, 3.8) is 0 Å². The normalized spacial score (nSPS) is 11.0. The van der Waals surface area contributed by atoms with Crippen LogP contribution in [0, 0.1) is 6.92 Å². The number of rotatable bonds is 8. The van der Waals surface area contributed by atoms with Crippen LogP contribution in [0.15, 0.2) is 79.0 Å². The number of ether oxygens (including phenoxy) is 2. The van der Waals surface area contributed by atoms with Crippen molar-refractivity contribution in [2.45, 2.75) is 13.8 Å². The lowest BCUT2D eigenvalue weighted by Crippen LogP contribution is -2.17. The van der Waals surface area contributed by atoms with Crippen LogP contribution in [0.25, 0.3) is 23.0 Å². The number of imidazole rings is 1. The van der Waals surface area contributed by atoms with Crippen molar-refractivity contribution in [2.24, 2.45) is 0 Å². The third kappa shape index (κ3) is 5.50. The molecule has 7 heteroatoms. The zero-order chi connectivity index (χ0) is 23.9. The number of carbonyl (C=O) groups excluding carboxylic acids is 2. The minimum atomic E-state index is -0.461. The van der Waals surface area contributed by atoms with E-state index in [-0.39, 0.29) is 12.5 Å². The van der Waals surface area contributed by atoms with Gasteiger partial charge in [-0.15, -0.1) is 0 Å². The quantitative estimate of drug-likeness (QED) is 0.231. The Morgan fingerprint density at radius 1 is 1.03 bits per heavy atom. The van der Waals surface area contributed by atoms with E-state index in [1.165, 1.54) is 6.08 Å². The maximum atomic E-state index is 12.2.